The second-order valence-corrected chi connectivity index (χ2v) is 5.59. The molecule has 2 rings (SSSR count). The fourth-order valence-electron chi connectivity index (χ4n) is 2.15. The van der Waals surface area contributed by atoms with E-state index in [2.05, 4.69) is 5.32 Å². The van der Waals surface area contributed by atoms with E-state index in [1.54, 1.807) is 24.3 Å². The van der Waals surface area contributed by atoms with E-state index in [1.807, 2.05) is 30.3 Å². The highest BCUT2D eigenvalue weighted by molar-refractivity contribution is 6.30. The summed E-state index contributed by atoms with van der Waals surface area (Å²) in [5, 5.41) is 3.41. The first-order valence-electron chi connectivity index (χ1n) is 7.26. The van der Waals surface area contributed by atoms with Crippen LogP contribution in [0, 0.1) is 0 Å². The molecule has 0 radical (unpaired) electrons. The predicted molar refractivity (Wildman–Crippen MR) is 88.9 cm³/mol. The standard InChI is InChI=1S/C18H18ClNO3/c1-13(21)20-17(15-5-3-2-4-6-15)11-18(22)23-12-14-7-9-16(19)10-8-14/h2-10,17H,11-12H2,1H3,(H,20,21)/t17-/m0/s1. The van der Waals surface area contributed by atoms with E-state index in [4.69, 9.17) is 16.3 Å². The van der Waals surface area contributed by atoms with Gasteiger partial charge in [-0.05, 0) is 23.3 Å². The summed E-state index contributed by atoms with van der Waals surface area (Å²) < 4.78 is 5.27. The zero-order valence-corrected chi connectivity index (χ0v) is 13.5. The highest BCUT2D eigenvalue weighted by Crippen LogP contribution is 2.18. The highest BCUT2D eigenvalue weighted by Gasteiger charge is 2.17. The van der Waals surface area contributed by atoms with Crippen LogP contribution in [0.2, 0.25) is 5.02 Å². The number of benzene rings is 2. The molecule has 4 nitrogen and oxygen atoms in total. The van der Waals surface area contributed by atoms with Gasteiger partial charge in [-0.3, -0.25) is 9.59 Å². The molecule has 0 aromatic heterocycles. The summed E-state index contributed by atoms with van der Waals surface area (Å²) in [5.74, 6) is -0.563. The zero-order chi connectivity index (χ0) is 16.7. The summed E-state index contributed by atoms with van der Waals surface area (Å²) in [7, 11) is 0. The Morgan fingerprint density at radius 2 is 1.74 bits per heavy atom. The lowest BCUT2D eigenvalue weighted by Crippen LogP contribution is -2.28. The van der Waals surface area contributed by atoms with Crippen molar-refractivity contribution in [2.24, 2.45) is 0 Å². The normalized spacial score (nSPS) is 11.6. The van der Waals surface area contributed by atoms with Crippen molar-refractivity contribution in [1.29, 1.82) is 0 Å². The van der Waals surface area contributed by atoms with E-state index >= 15 is 0 Å². The van der Waals surface area contributed by atoms with Crippen molar-refractivity contribution in [3.8, 4) is 0 Å². The first kappa shape index (κ1) is 17.0. The fourth-order valence-corrected chi connectivity index (χ4v) is 2.28. The van der Waals surface area contributed by atoms with Gasteiger partial charge in [0, 0.05) is 11.9 Å². The molecule has 1 N–H and O–H groups in total. The van der Waals surface area contributed by atoms with Crippen LogP contribution in [0.15, 0.2) is 54.6 Å². The summed E-state index contributed by atoms with van der Waals surface area (Å²) in [6.07, 6.45) is 0.0805. The molecule has 0 spiro atoms. The first-order chi connectivity index (χ1) is 11.0. The van der Waals surface area contributed by atoms with E-state index in [9.17, 15) is 9.59 Å². The molecule has 1 amide bonds. The van der Waals surface area contributed by atoms with Crippen molar-refractivity contribution in [2.45, 2.75) is 26.0 Å². The molecular weight excluding hydrogens is 314 g/mol. The van der Waals surface area contributed by atoms with Crippen LogP contribution >= 0.6 is 11.6 Å². The molecule has 1 atom stereocenters. The molecule has 5 heteroatoms. The lowest BCUT2D eigenvalue weighted by Gasteiger charge is -2.17. The lowest BCUT2D eigenvalue weighted by atomic mass is 10.0. The zero-order valence-electron chi connectivity index (χ0n) is 12.8. The summed E-state index contributed by atoms with van der Waals surface area (Å²) in [4.78, 5) is 23.4. The molecule has 0 unspecified atom stereocenters. The Balaban J connectivity index is 1.94. The van der Waals surface area contributed by atoms with Crippen molar-refractivity contribution in [3.05, 3.63) is 70.7 Å². The van der Waals surface area contributed by atoms with Gasteiger partial charge in [0.15, 0.2) is 0 Å². The number of halogens is 1. The Morgan fingerprint density at radius 3 is 2.35 bits per heavy atom. The van der Waals surface area contributed by atoms with Crippen molar-refractivity contribution in [3.63, 3.8) is 0 Å². The molecule has 2 aromatic rings. The second kappa shape index (κ2) is 8.34. The molecular formula is C18H18ClNO3. The number of amides is 1. The van der Waals surface area contributed by atoms with Crippen LogP contribution in [0.5, 0.6) is 0 Å². The largest absolute Gasteiger partial charge is 0.461 e. The van der Waals surface area contributed by atoms with Gasteiger partial charge in [-0.2, -0.15) is 0 Å². The van der Waals surface area contributed by atoms with E-state index in [0.717, 1.165) is 11.1 Å². The Hall–Kier alpha value is -2.33. The van der Waals surface area contributed by atoms with Gasteiger partial charge in [0.05, 0.1) is 12.5 Å². The molecule has 0 aliphatic carbocycles. The fraction of sp³-hybridized carbons (Fsp3) is 0.222. The maximum atomic E-state index is 12.0. The summed E-state index contributed by atoms with van der Waals surface area (Å²) in [6, 6.07) is 16.0. The highest BCUT2D eigenvalue weighted by atomic mass is 35.5. The van der Waals surface area contributed by atoms with E-state index < -0.39 is 6.04 Å². The SMILES string of the molecule is CC(=O)N[C@@H](CC(=O)OCc1ccc(Cl)cc1)c1ccccc1. The van der Waals surface area contributed by atoms with Crippen LogP contribution in [0.25, 0.3) is 0 Å². The van der Waals surface area contributed by atoms with Gasteiger partial charge in [-0.1, -0.05) is 54.1 Å². The van der Waals surface area contributed by atoms with Gasteiger partial charge in [-0.15, -0.1) is 0 Å². The summed E-state index contributed by atoms with van der Waals surface area (Å²) in [5.41, 5.74) is 1.73. The molecule has 2 aromatic carbocycles. The van der Waals surface area contributed by atoms with Crippen LogP contribution in [0.1, 0.15) is 30.5 Å². The average Bonchev–Trinajstić information content (AvgIpc) is 2.54. The van der Waals surface area contributed by atoms with Gasteiger partial charge in [-0.25, -0.2) is 0 Å². The predicted octanol–water partition coefficient (Wildman–Crippen LogP) is 3.65. The lowest BCUT2D eigenvalue weighted by molar-refractivity contribution is -0.145. The number of nitrogens with one attached hydrogen (secondary N) is 1. The maximum Gasteiger partial charge on any atom is 0.308 e. The number of ether oxygens (including phenoxy) is 1. The minimum absolute atomic E-state index is 0.0805. The van der Waals surface area contributed by atoms with Gasteiger partial charge in [0.2, 0.25) is 5.91 Å². The van der Waals surface area contributed by atoms with Crippen molar-refractivity contribution < 1.29 is 14.3 Å². The van der Waals surface area contributed by atoms with Crippen molar-refractivity contribution in [2.75, 3.05) is 0 Å². The molecule has 0 aliphatic rings. The Labute approximate surface area is 140 Å². The molecule has 0 heterocycles. The number of esters is 1. The van der Waals surface area contributed by atoms with Crippen LogP contribution in [0.4, 0.5) is 0 Å². The van der Waals surface area contributed by atoms with Crippen LogP contribution in [0.3, 0.4) is 0 Å². The first-order valence-corrected chi connectivity index (χ1v) is 7.64. The van der Waals surface area contributed by atoms with E-state index in [1.165, 1.54) is 6.92 Å². The monoisotopic (exact) mass is 331 g/mol. The molecule has 0 bridgehead atoms. The number of hydrogen-bond donors (Lipinski definition) is 1. The number of carbonyl (C=O) groups excluding carboxylic acids is 2. The van der Waals surface area contributed by atoms with Gasteiger partial charge >= 0.3 is 5.97 Å². The molecule has 0 saturated heterocycles. The minimum atomic E-state index is -0.397. The van der Waals surface area contributed by atoms with Gasteiger partial charge < -0.3 is 10.1 Å². The van der Waals surface area contributed by atoms with Gasteiger partial charge in [0.1, 0.15) is 6.61 Å². The third kappa shape index (κ3) is 5.75. The molecule has 0 saturated carbocycles. The third-order valence-corrected chi connectivity index (χ3v) is 3.52. The second-order valence-electron chi connectivity index (χ2n) is 5.16. The average molecular weight is 332 g/mol. The molecule has 0 fully saturated rings. The molecule has 120 valence electrons. The van der Waals surface area contributed by atoms with Crippen LogP contribution < -0.4 is 5.32 Å². The Bertz CT molecular complexity index is 656. The number of rotatable bonds is 6. The van der Waals surface area contributed by atoms with Crippen molar-refractivity contribution in [1.82, 2.24) is 5.32 Å². The third-order valence-electron chi connectivity index (χ3n) is 3.26. The molecule has 23 heavy (non-hydrogen) atoms. The Morgan fingerprint density at radius 1 is 1.09 bits per heavy atom. The van der Waals surface area contributed by atoms with Crippen LogP contribution in [-0.4, -0.2) is 11.9 Å². The van der Waals surface area contributed by atoms with Crippen LogP contribution in [-0.2, 0) is 20.9 Å². The summed E-state index contributed by atoms with van der Waals surface area (Å²) >= 11 is 5.81. The van der Waals surface area contributed by atoms with Gasteiger partial charge in [0.25, 0.3) is 0 Å². The summed E-state index contributed by atoms with van der Waals surface area (Å²) in [6.45, 7) is 1.60. The quantitative estimate of drug-likeness (QED) is 0.822. The smallest absolute Gasteiger partial charge is 0.308 e. The topological polar surface area (TPSA) is 55.4 Å². The van der Waals surface area contributed by atoms with E-state index in [-0.39, 0.29) is 24.9 Å². The van der Waals surface area contributed by atoms with Crippen molar-refractivity contribution >= 4 is 23.5 Å². The van der Waals surface area contributed by atoms with E-state index in [0.29, 0.717) is 5.02 Å². The minimum Gasteiger partial charge on any atom is -0.461 e. The maximum absolute atomic E-state index is 12.0. The number of hydrogen-bond acceptors (Lipinski definition) is 3. The Kier molecular flexibility index (Phi) is 6.18. The molecule has 0 aliphatic heterocycles. The number of carbonyl (C=O) groups is 2.